The first-order valence-corrected chi connectivity index (χ1v) is 8.39. The first-order valence-electron chi connectivity index (χ1n) is 6.95. The average molecular weight is 328 g/mol. The molecule has 1 aliphatic rings. The topological polar surface area (TPSA) is 102 Å². The third kappa shape index (κ3) is 2.70. The van der Waals surface area contributed by atoms with Gasteiger partial charge in [0.1, 0.15) is 0 Å². The Balaban J connectivity index is 1.99. The summed E-state index contributed by atoms with van der Waals surface area (Å²) in [7, 11) is -5.29. The maximum Gasteiger partial charge on any atom is 0.488 e. The largest absolute Gasteiger partial charge is 0.488 e. The molecule has 0 spiro atoms. The van der Waals surface area contributed by atoms with E-state index in [1.807, 2.05) is 6.07 Å². The summed E-state index contributed by atoms with van der Waals surface area (Å²) >= 11 is 0. The van der Waals surface area contributed by atoms with E-state index < -0.39 is 17.1 Å². The lowest BCUT2D eigenvalue weighted by Gasteiger charge is -2.19. The Morgan fingerprint density at radius 1 is 1.13 bits per heavy atom. The predicted octanol–water partition coefficient (Wildman–Crippen LogP) is -0.0105. The molecule has 1 aliphatic heterocycles. The zero-order valence-corrected chi connectivity index (χ0v) is 12.9. The first-order chi connectivity index (χ1) is 10.9. The number of fused-ring (bicyclic) bond motifs is 1. The molecular formula is C15H13BN2O4S. The van der Waals surface area contributed by atoms with Crippen LogP contribution < -0.4 is 9.77 Å². The Bertz CT molecular complexity index is 889. The molecule has 2 N–H and O–H groups in total. The van der Waals surface area contributed by atoms with Gasteiger partial charge in [0.05, 0.1) is 22.2 Å². The van der Waals surface area contributed by atoms with Crippen LogP contribution in [0.1, 0.15) is 11.1 Å². The molecule has 116 valence electrons. The number of hydrogen-bond donors (Lipinski definition) is 2. The lowest BCUT2D eigenvalue weighted by molar-refractivity contribution is 0.425. The minimum atomic E-state index is -3.71. The van der Waals surface area contributed by atoms with Gasteiger partial charge < -0.3 is 10.0 Å². The van der Waals surface area contributed by atoms with Gasteiger partial charge in [-0.3, -0.25) is 4.31 Å². The van der Waals surface area contributed by atoms with Crippen molar-refractivity contribution in [3.05, 3.63) is 53.6 Å². The van der Waals surface area contributed by atoms with Gasteiger partial charge in [0, 0.05) is 6.54 Å². The molecule has 0 unspecified atom stereocenters. The first kappa shape index (κ1) is 15.6. The molecule has 0 bridgehead atoms. The zero-order chi connectivity index (χ0) is 16.6. The molecule has 2 aromatic rings. The van der Waals surface area contributed by atoms with E-state index in [9.17, 15) is 18.5 Å². The SMILES string of the molecule is N#Cc1ccc(S(=O)(=O)N2CCc3cc(B(O)O)ccc32)cc1. The second-order valence-electron chi connectivity index (χ2n) is 5.23. The Kier molecular flexibility index (Phi) is 3.86. The number of nitriles is 1. The van der Waals surface area contributed by atoms with Crippen molar-refractivity contribution in [2.45, 2.75) is 11.3 Å². The second-order valence-corrected chi connectivity index (χ2v) is 7.09. The van der Waals surface area contributed by atoms with Crippen LogP contribution >= 0.6 is 0 Å². The maximum atomic E-state index is 12.8. The maximum absolute atomic E-state index is 12.8. The molecular weight excluding hydrogens is 315 g/mol. The van der Waals surface area contributed by atoms with Gasteiger partial charge in [-0.05, 0) is 47.8 Å². The van der Waals surface area contributed by atoms with Gasteiger partial charge in [-0.2, -0.15) is 5.26 Å². The molecule has 0 fully saturated rings. The van der Waals surface area contributed by atoms with E-state index in [1.165, 1.54) is 34.6 Å². The van der Waals surface area contributed by atoms with Crippen molar-refractivity contribution >= 4 is 28.3 Å². The predicted molar refractivity (Wildman–Crippen MR) is 85.7 cm³/mol. The zero-order valence-electron chi connectivity index (χ0n) is 12.0. The summed E-state index contributed by atoms with van der Waals surface area (Å²) in [5, 5.41) is 27.2. The Morgan fingerprint density at radius 2 is 1.83 bits per heavy atom. The van der Waals surface area contributed by atoms with E-state index in [1.54, 1.807) is 12.1 Å². The summed E-state index contributed by atoms with van der Waals surface area (Å²) in [5.41, 5.74) is 2.03. The van der Waals surface area contributed by atoms with Gasteiger partial charge in [0.2, 0.25) is 0 Å². The highest BCUT2D eigenvalue weighted by Gasteiger charge is 2.31. The lowest BCUT2D eigenvalue weighted by Crippen LogP contribution is -2.31. The normalized spacial score (nSPS) is 13.5. The molecule has 23 heavy (non-hydrogen) atoms. The Hall–Kier alpha value is -2.34. The van der Waals surface area contributed by atoms with E-state index in [-0.39, 0.29) is 4.90 Å². The molecule has 0 atom stereocenters. The molecule has 2 aromatic carbocycles. The molecule has 1 heterocycles. The minimum Gasteiger partial charge on any atom is -0.423 e. The lowest BCUT2D eigenvalue weighted by atomic mass is 9.79. The quantitative estimate of drug-likeness (QED) is 0.772. The summed E-state index contributed by atoms with van der Waals surface area (Å²) in [6.07, 6.45) is 0.505. The van der Waals surface area contributed by atoms with Gasteiger partial charge in [-0.1, -0.05) is 12.1 Å². The number of anilines is 1. The van der Waals surface area contributed by atoms with Crippen LogP contribution in [0.25, 0.3) is 0 Å². The standard InChI is InChI=1S/C15H13BN2O4S/c17-10-11-1-4-14(5-2-11)23(21,22)18-8-7-12-9-13(16(19)20)3-6-15(12)18/h1-6,9,19-20H,7-8H2. The second kappa shape index (κ2) is 5.70. The van der Waals surface area contributed by atoms with Crippen LogP contribution in [0.5, 0.6) is 0 Å². The van der Waals surface area contributed by atoms with Crippen molar-refractivity contribution in [3.63, 3.8) is 0 Å². The van der Waals surface area contributed by atoms with Crippen LogP contribution in [0.2, 0.25) is 0 Å². The van der Waals surface area contributed by atoms with Crippen LogP contribution in [0.4, 0.5) is 5.69 Å². The highest BCUT2D eigenvalue weighted by Crippen LogP contribution is 2.32. The van der Waals surface area contributed by atoms with Gasteiger partial charge in [-0.25, -0.2) is 8.42 Å². The molecule has 0 saturated carbocycles. The Labute approximate surface area is 134 Å². The van der Waals surface area contributed by atoms with E-state index in [2.05, 4.69) is 0 Å². The van der Waals surface area contributed by atoms with Crippen LogP contribution in [0.15, 0.2) is 47.4 Å². The Morgan fingerprint density at radius 3 is 2.43 bits per heavy atom. The molecule has 0 saturated heterocycles. The molecule has 0 radical (unpaired) electrons. The van der Waals surface area contributed by atoms with Gasteiger partial charge in [0.15, 0.2) is 0 Å². The van der Waals surface area contributed by atoms with Crippen molar-refractivity contribution in [2.24, 2.45) is 0 Å². The van der Waals surface area contributed by atoms with Crippen LogP contribution in [0.3, 0.4) is 0 Å². The third-order valence-electron chi connectivity index (χ3n) is 3.83. The third-order valence-corrected chi connectivity index (χ3v) is 5.65. The van der Waals surface area contributed by atoms with E-state index in [4.69, 9.17) is 5.26 Å². The highest BCUT2D eigenvalue weighted by molar-refractivity contribution is 7.92. The van der Waals surface area contributed by atoms with Crippen molar-refractivity contribution in [1.29, 1.82) is 5.26 Å². The molecule has 0 aromatic heterocycles. The van der Waals surface area contributed by atoms with Crippen molar-refractivity contribution < 1.29 is 18.5 Å². The fourth-order valence-corrected chi connectivity index (χ4v) is 4.13. The smallest absolute Gasteiger partial charge is 0.423 e. The number of benzene rings is 2. The van der Waals surface area contributed by atoms with E-state index >= 15 is 0 Å². The summed E-state index contributed by atoms with van der Waals surface area (Å²) in [4.78, 5) is 0.121. The molecule has 3 rings (SSSR count). The van der Waals surface area contributed by atoms with Gasteiger partial charge >= 0.3 is 7.12 Å². The van der Waals surface area contributed by atoms with Crippen molar-refractivity contribution in [1.82, 2.24) is 0 Å². The number of sulfonamides is 1. The van der Waals surface area contributed by atoms with E-state index in [0.29, 0.717) is 29.7 Å². The molecule has 0 aliphatic carbocycles. The average Bonchev–Trinajstić information content (AvgIpc) is 2.98. The fourth-order valence-electron chi connectivity index (χ4n) is 2.63. The number of rotatable bonds is 3. The van der Waals surface area contributed by atoms with Gasteiger partial charge in [0.25, 0.3) is 10.0 Å². The summed E-state index contributed by atoms with van der Waals surface area (Å²) < 4.78 is 26.8. The van der Waals surface area contributed by atoms with Gasteiger partial charge in [-0.15, -0.1) is 0 Å². The van der Waals surface area contributed by atoms with Crippen molar-refractivity contribution in [3.8, 4) is 6.07 Å². The van der Waals surface area contributed by atoms with Crippen LogP contribution in [-0.2, 0) is 16.4 Å². The highest BCUT2D eigenvalue weighted by atomic mass is 32.2. The van der Waals surface area contributed by atoms with Crippen LogP contribution in [0, 0.1) is 11.3 Å². The fraction of sp³-hybridized carbons (Fsp3) is 0.133. The van der Waals surface area contributed by atoms with Crippen LogP contribution in [-0.4, -0.2) is 32.1 Å². The van der Waals surface area contributed by atoms with Crippen molar-refractivity contribution in [2.75, 3.05) is 10.8 Å². The monoisotopic (exact) mass is 328 g/mol. The summed E-state index contributed by atoms with van der Waals surface area (Å²) in [6, 6.07) is 12.4. The number of nitrogens with zero attached hydrogens (tertiary/aromatic N) is 2. The molecule has 6 nitrogen and oxygen atoms in total. The summed E-state index contributed by atoms with van der Waals surface area (Å²) in [5.74, 6) is 0. The molecule has 8 heteroatoms. The summed E-state index contributed by atoms with van der Waals surface area (Å²) in [6.45, 7) is 0.294. The minimum absolute atomic E-state index is 0.121. The molecule has 0 amide bonds. The number of hydrogen-bond acceptors (Lipinski definition) is 5. The van der Waals surface area contributed by atoms with E-state index in [0.717, 1.165) is 5.56 Å².